The SMILES string of the molecule is O=C(CN1CCC[C@@H]1c1nc(-c2ccccc2)no1)N1CCNCC1. The van der Waals surface area contributed by atoms with Crippen molar-refractivity contribution in [1.82, 2.24) is 25.3 Å². The largest absolute Gasteiger partial charge is 0.339 e. The Balaban J connectivity index is 1.44. The Kier molecular flexibility index (Phi) is 4.76. The molecule has 0 bridgehead atoms. The van der Waals surface area contributed by atoms with Crippen LogP contribution in [0.15, 0.2) is 34.9 Å². The van der Waals surface area contributed by atoms with Crippen LogP contribution in [0.1, 0.15) is 24.8 Å². The van der Waals surface area contributed by atoms with Gasteiger partial charge in [0.05, 0.1) is 12.6 Å². The van der Waals surface area contributed by atoms with Crippen LogP contribution in [0.4, 0.5) is 0 Å². The van der Waals surface area contributed by atoms with E-state index in [2.05, 4.69) is 20.4 Å². The molecule has 7 heteroatoms. The predicted molar refractivity (Wildman–Crippen MR) is 92.7 cm³/mol. The number of hydrogen-bond donors (Lipinski definition) is 1. The smallest absolute Gasteiger partial charge is 0.244 e. The molecule has 1 aromatic heterocycles. The molecule has 2 aliphatic heterocycles. The van der Waals surface area contributed by atoms with Crippen molar-refractivity contribution in [2.45, 2.75) is 18.9 Å². The van der Waals surface area contributed by atoms with Crippen LogP contribution in [0.3, 0.4) is 0 Å². The number of amides is 1. The van der Waals surface area contributed by atoms with E-state index < -0.39 is 0 Å². The van der Waals surface area contributed by atoms with E-state index in [4.69, 9.17) is 4.52 Å². The van der Waals surface area contributed by atoms with Crippen LogP contribution >= 0.6 is 0 Å². The molecule has 2 saturated heterocycles. The van der Waals surface area contributed by atoms with Crippen LogP contribution in [-0.4, -0.2) is 65.1 Å². The maximum absolute atomic E-state index is 12.5. The van der Waals surface area contributed by atoms with Gasteiger partial charge in [0.15, 0.2) is 0 Å². The second-order valence-electron chi connectivity index (χ2n) is 6.58. The molecule has 2 aromatic rings. The third kappa shape index (κ3) is 3.57. The first-order chi connectivity index (χ1) is 12.3. The van der Waals surface area contributed by atoms with Gasteiger partial charge in [-0.3, -0.25) is 9.69 Å². The van der Waals surface area contributed by atoms with Crippen molar-refractivity contribution in [3.05, 3.63) is 36.2 Å². The van der Waals surface area contributed by atoms with Crippen LogP contribution in [0.25, 0.3) is 11.4 Å². The number of nitrogens with zero attached hydrogens (tertiary/aromatic N) is 4. The Morgan fingerprint density at radius 1 is 1.20 bits per heavy atom. The number of rotatable bonds is 4. The molecular weight excluding hydrogens is 318 g/mol. The van der Waals surface area contributed by atoms with Crippen molar-refractivity contribution in [3.63, 3.8) is 0 Å². The fourth-order valence-electron chi connectivity index (χ4n) is 3.56. The Bertz CT molecular complexity index is 711. The Labute approximate surface area is 147 Å². The lowest BCUT2D eigenvalue weighted by Crippen LogP contribution is -2.49. The molecule has 2 aliphatic rings. The molecule has 1 N–H and O–H groups in total. The van der Waals surface area contributed by atoms with Gasteiger partial charge in [0.25, 0.3) is 0 Å². The lowest BCUT2D eigenvalue weighted by Gasteiger charge is -2.30. The van der Waals surface area contributed by atoms with E-state index >= 15 is 0 Å². The lowest BCUT2D eigenvalue weighted by molar-refractivity contribution is -0.133. The molecular formula is C18H23N5O2. The van der Waals surface area contributed by atoms with Crippen LogP contribution in [0.5, 0.6) is 0 Å². The van der Waals surface area contributed by atoms with E-state index in [0.717, 1.165) is 51.1 Å². The molecule has 25 heavy (non-hydrogen) atoms. The van der Waals surface area contributed by atoms with E-state index in [1.807, 2.05) is 35.2 Å². The standard InChI is InChI=1S/C18H23N5O2/c24-16(22-11-8-19-9-12-22)13-23-10-4-7-15(23)18-20-17(21-25-18)14-5-2-1-3-6-14/h1-3,5-6,15,19H,4,7-13H2/t15-/m1/s1. The highest BCUT2D eigenvalue weighted by Gasteiger charge is 2.33. The Hall–Kier alpha value is -2.25. The van der Waals surface area contributed by atoms with E-state index in [1.54, 1.807) is 0 Å². The van der Waals surface area contributed by atoms with Gasteiger partial charge in [0.1, 0.15) is 0 Å². The zero-order valence-electron chi connectivity index (χ0n) is 14.2. The highest BCUT2D eigenvalue weighted by Crippen LogP contribution is 2.31. The summed E-state index contributed by atoms with van der Waals surface area (Å²) in [4.78, 5) is 21.2. The summed E-state index contributed by atoms with van der Waals surface area (Å²) < 4.78 is 5.52. The van der Waals surface area contributed by atoms with Crippen molar-refractivity contribution in [2.75, 3.05) is 39.3 Å². The minimum atomic E-state index is 0.0387. The van der Waals surface area contributed by atoms with Gasteiger partial charge >= 0.3 is 0 Å². The van der Waals surface area contributed by atoms with Gasteiger partial charge in [0.2, 0.25) is 17.6 Å². The molecule has 1 amide bonds. The zero-order chi connectivity index (χ0) is 17.1. The fraction of sp³-hybridized carbons (Fsp3) is 0.500. The topological polar surface area (TPSA) is 74.5 Å². The average Bonchev–Trinajstić information content (AvgIpc) is 3.32. The third-order valence-electron chi connectivity index (χ3n) is 4.93. The second kappa shape index (κ2) is 7.33. The third-order valence-corrected chi connectivity index (χ3v) is 4.93. The van der Waals surface area contributed by atoms with Crippen LogP contribution in [0, 0.1) is 0 Å². The molecule has 3 heterocycles. The number of carbonyl (C=O) groups excluding carboxylic acids is 1. The van der Waals surface area contributed by atoms with Gasteiger partial charge in [-0.2, -0.15) is 4.98 Å². The molecule has 0 radical (unpaired) electrons. The van der Waals surface area contributed by atoms with E-state index in [-0.39, 0.29) is 11.9 Å². The van der Waals surface area contributed by atoms with Gasteiger partial charge in [0, 0.05) is 31.7 Å². The summed E-state index contributed by atoms with van der Waals surface area (Å²) >= 11 is 0. The van der Waals surface area contributed by atoms with Crippen molar-refractivity contribution < 1.29 is 9.32 Å². The summed E-state index contributed by atoms with van der Waals surface area (Å²) in [5.74, 6) is 1.41. The molecule has 1 aromatic carbocycles. The van der Waals surface area contributed by atoms with Crippen LogP contribution in [-0.2, 0) is 4.79 Å². The van der Waals surface area contributed by atoms with E-state index in [1.165, 1.54) is 0 Å². The molecule has 1 atom stereocenters. The quantitative estimate of drug-likeness (QED) is 0.904. The first-order valence-corrected chi connectivity index (χ1v) is 8.93. The first kappa shape index (κ1) is 16.2. The summed E-state index contributed by atoms with van der Waals surface area (Å²) in [6, 6.07) is 9.85. The van der Waals surface area contributed by atoms with Crippen molar-refractivity contribution in [3.8, 4) is 11.4 Å². The highest BCUT2D eigenvalue weighted by molar-refractivity contribution is 5.78. The van der Waals surface area contributed by atoms with Crippen LogP contribution < -0.4 is 5.32 Å². The zero-order valence-corrected chi connectivity index (χ0v) is 14.2. The summed E-state index contributed by atoms with van der Waals surface area (Å²) in [5.41, 5.74) is 0.943. The summed E-state index contributed by atoms with van der Waals surface area (Å²) in [5, 5.41) is 7.39. The highest BCUT2D eigenvalue weighted by atomic mass is 16.5. The van der Waals surface area contributed by atoms with Crippen LogP contribution in [0.2, 0.25) is 0 Å². The Morgan fingerprint density at radius 3 is 2.80 bits per heavy atom. The Morgan fingerprint density at radius 2 is 2.00 bits per heavy atom. The van der Waals surface area contributed by atoms with E-state index in [0.29, 0.717) is 18.3 Å². The summed E-state index contributed by atoms with van der Waals surface area (Å²) in [6.45, 7) is 4.64. The minimum absolute atomic E-state index is 0.0387. The molecule has 0 aliphatic carbocycles. The number of piperazine rings is 1. The molecule has 4 rings (SSSR count). The van der Waals surface area contributed by atoms with Gasteiger partial charge in [-0.05, 0) is 19.4 Å². The lowest BCUT2D eigenvalue weighted by atomic mass is 10.2. The second-order valence-corrected chi connectivity index (χ2v) is 6.58. The molecule has 0 saturated carbocycles. The first-order valence-electron chi connectivity index (χ1n) is 8.93. The van der Waals surface area contributed by atoms with Crippen molar-refractivity contribution in [2.24, 2.45) is 0 Å². The van der Waals surface area contributed by atoms with Gasteiger partial charge in [-0.1, -0.05) is 35.5 Å². The normalized spacial score (nSPS) is 21.6. The molecule has 2 fully saturated rings. The number of nitrogens with one attached hydrogen (secondary N) is 1. The minimum Gasteiger partial charge on any atom is -0.339 e. The number of hydrogen-bond acceptors (Lipinski definition) is 6. The number of carbonyl (C=O) groups is 1. The molecule has 0 spiro atoms. The van der Waals surface area contributed by atoms with Gasteiger partial charge in [-0.25, -0.2) is 0 Å². The number of benzene rings is 1. The average molecular weight is 341 g/mol. The molecule has 132 valence electrons. The summed E-state index contributed by atoms with van der Waals surface area (Å²) in [6.07, 6.45) is 1.99. The number of aromatic nitrogens is 2. The molecule has 7 nitrogen and oxygen atoms in total. The summed E-state index contributed by atoms with van der Waals surface area (Å²) in [7, 11) is 0. The van der Waals surface area contributed by atoms with Gasteiger partial charge < -0.3 is 14.7 Å². The van der Waals surface area contributed by atoms with Crippen molar-refractivity contribution >= 4 is 5.91 Å². The predicted octanol–water partition coefficient (Wildman–Crippen LogP) is 1.31. The molecule has 0 unspecified atom stereocenters. The fourth-order valence-corrected chi connectivity index (χ4v) is 3.56. The monoisotopic (exact) mass is 341 g/mol. The number of likely N-dealkylation sites (tertiary alicyclic amines) is 1. The van der Waals surface area contributed by atoms with Gasteiger partial charge in [-0.15, -0.1) is 0 Å². The maximum Gasteiger partial charge on any atom is 0.244 e. The maximum atomic E-state index is 12.5. The van der Waals surface area contributed by atoms with E-state index in [9.17, 15) is 4.79 Å². The van der Waals surface area contributed by atoms with Crippen molar-refractivity contribution in [1.29, 1.82) is 0 Å².